The van der Waals surface area contributed by atoms with Crippen molar-refractivity contribution in [1.29, 1.82) is 0 Å². The highest BCUT2D eigenvalue weighted by Gasteiger charge is 2.29. The van der Waals surface area contributed by atoms with Crippen LogP contribution >= 0.6 is 0 Å². The second kappa shape index (κ2) is 8.16. The topological polar surface area (TPSA) is 58.9 Å². The average molecular weight is 400 g/mol. The van der Waals surface area contributed by atoms with Crippen LogP contribution < -0.4 is 10.2 Å². The zero-order valence-electron chi connectivity index (χ0n) is 16.1. The number of hydrogen-bond donors (Lipinski definition) is 1. The number of carbonyl (C=O) groups excluding carboxylic acids is 1. The number of benzene rings is 1. The van der Waals surface area contributed by atoms with Gasteiger partial charge in [0.25, 0.3) is 5.91 Å². The molecular weight excluding hydrogens is 378 g/mol. The van der Waals surface area contributed by atoms with Crippen molar-refractivity contribution in [2.45, 2.75) is 18.9 Å². The Labute approximate surface area is 167 Å². The van der Waals surface area contributed by atoms with Crippen molar-refractivity contribution in [3.05, 3.63) is 65.5 Å². The number of carbonyl (C=O) groups is 1. The zero-order chi connectivity index (χ0) is 20.4. The summed E-state index contributed by atoms with van der Waals surface area (Å²) < 4.78 is 34.7. The normalized spacial score (nSPS) is 16.5. The van der Waals surface area contributed by atoms with Crippen molar-refractivity contribution in [2.24, 2.45) is 0 Å². The maximum absolute atomic E-state index is 14.4. The monoisotopic (exact) mass is 400 g/mol. The Bertz CT molecular complexity index is 1040. The summed E-state index contributed by atoms with van der Waals surface area (Å²) in [6.45, 7) is 1.55. The van der Waals surface area contributed by atoms with E-state index in [1.165, 1.54) is 18.3 Å². The van der Waals surface area contributed by atoms with Crippen LogP contribution in [-0.4, -0.2) is 42.3 Å². The number of methoxy groups -OCH3 is 1. The van der Waals surface area contributed by atoms with Gasteiger partial charge in [-0.25, -0.2) is 13.3 Å². The molecule has 0 aliphatic carbocycles. The number of aromatic nitrogens is 2. The number of nitrogens with zero attached hydrogens (tertiary/aromatic N) is 3. The number of hydrogen-bond acceptors (Lipinski definition) is 4. The van der Waals surface area contributed by atoms with Gasteiger partial charge in [-0.3, -0.25) is 4.79 Å². The summed E-state index contributed by atoms with van der Waals surface area (Å²) in [7, 11) is 1.57. The summed E-state index contributed by atoms with van der Waals surface area (Å²) in [5.41, 5.74) is 2.31. The minimum absolute atomic E-state index is 0.233. The van der Waals surface area contributed by atoms with Gasteiger partial charge >= 0.3 is 0 Å². The molecule has 152 valence electrons. The van der Waals surface area contributed by atoms with Gasteiger partial charge < -0.3 is 15.0 Å². The number of rotatable bonds is 6. The molecule has 0 saturated carbocycles. The number of nitrogens with one attached hydrogen (secondary N) is 1. The lowest BCUT2D eigenvalue weighted by Crippen LogP contribution is -2.27. The van der Waals surface area contributed by atoms with Gasteiger partial charge in [0.05, 0.1) is 29.9 Å². The van der Waals surface area contributed by atoms with Crippen molar-refractivity contribution < 1.29 is 18.3 Å². The van der Waals surface area contributed by atoms with Gasteiger partial charge in [0.15, 0.2) is 0 Å². The smallest absolute Gasteiger partial charge is 0.255 e. The lowest BCUT2D eigenvalue weighted by Gasteiger charge is -2.27. The number of amides is 1. The average Bonchev–Trinajstić information content (AvgIpc) is 3.36. The summed E-state index contributed by atoms with van der Waals surface area (Å²) >= 11 is 0. The van der Waals surface area contributed by atoms with E-state index in [2.05, 4.69) is 15.3 Å². The number of ether oxygens (including phenoxy) is 1. The second-order valence-corrected chi connectivity index (χ2v) is 7.04. The molecule has 4 rings (SSSR count). The van der Waals surface area contributed by atoms with Crippen molar-refractivity contribution in [2.75, 3.05) is 31.7 Å². The SMILES string of the molecule is COCCNC(=O)c1cnn2ccc(N3CCC[C@@H]3c3cc(F)ccc3F)cc12. The van der Waals surface area contributed by atoms with E-state index in [1.54, 1.807) is 17.8 Å². The summed E-state index contributed by atoms with van der Waals surface area (Å²) in [5.74, 6) is -1.09. The third-order valence-electron chi connectivity index (χ3n) is 5.24. The first-order chi connectivity index (χ1) is 14.1. The van der Waals surface area contributed by atoms with E-state index < -0.39 is 11.6 Å². The number of halogens is 2. The number of anilines is 1. The van der Waals surface area contributed by atoms with E-state index in [0.29, 0.717) is 29.8 Å². The van der Waals surface area contributed by atoms with Crippen LogP contribution in [0, 0.1) is 11.6 Å². The predicted octanol–water partition coefficient (Wildman–Crippen LogP) is 3.33. The minimum Gasteiger partial charge on any atom is -0.383 e. The van der Waals surface area contributed by atoms with Gasteiger partial charge in [-0.2, -0.15) is 5.10 Å². The lowest BCUT2D eigenvalue weighted by atomic mass is 10.0. The molecule has 1 amide bonds. The maximum Gasteiger partial charge on any atom is 0.255 e. The van der Waals surface area contributed by atoms with Crippen LogP contribution in [-0.2, 0) is 4.74 Å². The first kappa shape index (κ1) is 19.3. The largest absolute Gasteiger partial charge is 0.383 e. The lowest BCUT2D eigenvalue weighted by molar-refractivity contribution is 0.0938. The molecule has 1 saturated heterocycles. The zero-order valence-corrected chi connectivity index (χ0v) is 16.1. The van der Waals surface area contributed by atoms with Crippen LogP contribution in [0.1, 0.15) is 34.8 Å². The fourth-order valence-electron chi connectivity index (χ4n) is 3.85. The second-order valence-electron chi connectivity index (χ2n) is 7.04. The predicted molar refractivity (Wildman–Crippen MR) is 105 cm³/mol. The molecule has 29 heavy (non-hydrogen) atoms. The molecule has 3 aromatic rings. The molecule has 0 spiro atoms. The number of pyridine rings is 1. The summed E-state index contributed by atoms with van der Waals surface area (Å²) in [6.07, 6.45) is 4.90. The van der Waals surface area contributed by atoms with Crippen LogP contribution in [0.3, 0.4) is 0 Å². The first-order valence-corrected chi connectivity index (χ1v) is 9.54. The summed E-state index contributed by atoms with van der Waals surface area (Å²) in [5, 5.41) is 7.03. The van der Waals surface area contributed by atoms with E-state index in [0.717, 1.165) is 31.1 Å². The van der Waals surface area contributed by atoms with E-state index in [-0.39, 0.29) is 11.9 Å². The molecule has 1 aliphatic heterocycles. The van der Waals surface area contributed by atoms with E-state index in [4.69, 9.17) is 4.74 Å². The van der Waals surface area contributed by atoms with E-state index >= 15 is 0 Å². The van der Waals surface area contributed by atoms with E-state index in [1.807, 2.05) is 12.1 Å². The standard InChI is InChI=1S/C21H22F2N4O2/c1-29-10-7-24-21(28)17-13-25-27-9-6-15(12-20(17)27)26-8-2-3-19(26)16-11-14(22)4-5-18(16)23/h4-6,9,11-13,19H,2-3,7-8,10H2,1H3,(H,24,28)/t19-/m1/s1. The van der Waals surface area contributed by atoms with Gasteiger partial charge in [0.2, 0.25) is 0 Å². The fraction of sp³-hybridized carbons (Fsp3) is 0.333. The third kappa shape index (κ3) is 3.80. The van der Waals surface area contributed by atoms with Crippen molar-refractivity contribution in [1.82, 2.24) is 14.9 Å². The molecule has 1 fully saturated rings. The van der Waals surface area contributed by atoms with Gasteiger partial charge in [0.1, 0.15) is 11.6 Å². The van der Waals surface area contributed by atoms with Crippen molar-refractivity contribution in [3.8, 4) is 0 Å². The molecule has 0 unspecified atom stereocenters. The highest BCUT2D eigenvalue weighted by atomic mass is 19.1. The Morgan fingerprint density at radius 2 is 2.17 bits per heavy atom. The highest BCUT2D eigenvalue weighted by Crippen LogP contribution is 2.38. The summed E-state index contributed by atoms with van der Waals surface area (Å²) in [6, 6.07) is 7.06. The molecule has 2 aromatic heterocycles. The Morgan fingerprint density at radius 3 is 3.00 bits per heavy atom. The molecular formula is C21H22F2N4O2. The van der Waals surface area contributed by atoms with Gasteiger partial charge in [-0.1, -0.05) is 0 Å². The van der Waals surface area contributed by atoms with Gasteiger partial charge in [-0.15, -0.1) is 0 Å². The van der Waals surface area contributed by atoms with Gasteiger partial charge in [-0.05, 0) is 43.2 Å². The maximum atomic E-state index is 14.4. The first-order valence-electron chi connectivity index (χ1n) is 9.54. The van der Waals surface area contributed by atoms with Crippen molar-refractivity contribution in [3.63, 3.8) is 0 Å². The molecule has 6 nitrogen and oxygen atoms in total. The van der Waals surface area contributed by atoms with E-state index in [9.17, 15) is 13.6 Å². The van der Waals surface area contributed by atoms with Gasteiger partial charge in [0, 0.05) is 37.6 Å². The molecule has 1 N–H and O–H groups in total. The molecule has 3 heterocycles. The highest BCUT2D eigenvalue weighted by molar-refractivity contribution is 6.01. The van der Waals surface area contributed by atoms with Crippen LogP contribution in [0.5, 0.6) is 0 Å². The Morgan fingerprint density at radius 1 is 1.31 bits per heavy atom. The van der Waals surface area contributed by atoms with Crippen LogP contribution in [0.4, 0.5) is 14.5 Å². The summed E-state index contributed by atoms with van der Waals surface area (Å²) in [4.78, 5) is 14.5. The molecule has 1 aromatic carbocycles. The molecule has 0 bridgehead atoms. The Kier molecular flexibility index (Phi) is 5.44. The minimum atomic E-state index is -0.450. The fourth-order valence-corrected chi connectivity index (χ4v) is 3.85. The molecule has 1 aliphatic rings. The molecule has 1 atom stereocenters. The van der Waals surface area contributed by atoms with Crippen LogP contribution in [0.2, 0.25) is 0 Å². The third-order valence-corrected chi connectivity index (χ3v) is 5.24. The van der Waals surface area contributed by atoms with Crippen LogP contribution in [0.25, 0.3) is 5.52 Å². The number of fused-ring (bicyclic) bond motifs is 1. The molecule has 0 radical (unpaired) electrons. The Hall–Kier alpha value is -3.00. The molecule has 8 heteroatoms. The van der Waals surface area contributed by atoms with Crippen molar-refractivity contribution >= 4 is 17.1 Å². The quantitative estimate of drug-likeness (QED) is 0.645. The Balaban J connectivity index is 1.65. The van der Waals surface area contributed by atoms with Crippen LogP contribution in [0.15, 0.2) is 42.7 Å².